The van der Waals surface area contributed by atoms with Crippen LogP contribution >= 0.6 is 11.6 Å². The maximum Gasteiger partial charge on any atom is 0.411 e. The zero-order chi connectivity index (χ0) is 30.0. The second kappa shape index (κ2) is 12.1. The summed E-state index contributed by atoms with van der Waals surface area (Å²) in [5.74, 6) is -2.85. The van der Waals surface area contributed by atoms with Crippen LogP contribution in [0.15, 0.2) is 72.9 Å². The van der Waals surface area contributed by atoms with Crippen LogP contribution in [0.25, 0.3) is 27.8 Å². The Morgan fingerprint density at radius 3 is 2.50 bits per heavy atom. The number of halogens is 4. The molecule has 2 amide bonds. The number of fused-ring (bicyclic) bond motifs is 4. The van der Waals surface area contributed by atoms with Crippen molar-refractivity contribution in [2.45, 2.75) is 19.8 Å². The molecule has 0 radical (unpaired) electrons. The van der Waals surface area contributed by atoms with Crippen LogP contribution in [0.5, 0.6) is 0 Å². The number of rotatable bonds is 3. The lowest BCUT2D eigenvalue weighted by molar-refractivity contribution is -0.119. The molecule has 0 aliphatic carbocycles. The zero-order valence-corrected chi connectivity index (χ0v) is 23.4. The van der Waals surface area contributed by atoms with E-state index in [2.05, 4.69) is 20.4 Å². The minimum absolute atomic E-state index is 0.206. The highest BCUT2D eigenvalue weighted by atomic mass is 35.5. The van der Waals surface area contributed by atoms with Crippen molar-refractivity contribution in [1.82, 2.24) is 4.98 Å². The number of ether oxygens (including phenoxy) is 1. The third-order valence-electron chi connectivity index (χ3n) is 7.04. The van der Waals surface area contributed by atoms with Gasteiger partial charge in [-0.3, -0.25) is 15.1 Å². The number of pyridine rings is 1. The molecular weight excluding hydrogens is 567 g/mol. The second-order valence-corrected chi connectivity index (χ2v) is 10.2. The Kier molecular flexibility index (Phi) is 8.31. The molecular formula is C32H25ClF3N3O3. The van der Waals surface area contributed by atoms with Crippen molar-refractivity contribution in [2.75, 3.05) is 17.7 Å². The number of anilines is 2. The maximum atomic E-state index is 15.3. The minimum Gasteiger partial charge on any atom is -0.453 e. The number of methoxy groups -OCH3 is 1. The summed E-state index contributed by atoms with van der Waals surface area (Å²) in [4.78, 5) is 29.3. The van der Waals surface area contributed by atoms with Crippen molar-refractivity contribution in [2.24, 2.45) is 5.92 Å². The number of hydrogen-bond donors (Lipinski definition) is 2. The number of carbonyl (C=O) groups excluding carboxylic acids is 2. The number of benzene rings is 3. The number of amides is 2. The standard InChI is InChI=1S/C32H25ClF3N3O3/c1-17-4-3-5-21(27-13-7-19(16-37-27)29-26(35)12-10-24(33)30(29)36)18-6-11-25(34)23(14-18)22-9-8-20(38-32(41)42-2)15-28(22)39-31(17)40/h5-17H,3-4H2,1-2H3,(H,38,41)(H,39,40)/b21-5+. The van der Waals surface area contributed by atoms with Crippen LogP contribution in [0, 0.1) is 23.4 Å². The van der Waals surface area contributed by atoms with Crippen molar-refractivity contribution in [3.63, 3.8) is 0 Å². The van der Waals surface area contributed by atoms with Gasteiger partial charge in [0.05, 0.1) is 29.1 Å². The summed E-state index contributed by atoms with van der Waals surface area (Å²) in [7, 11) is 1.23. The summed E-state index contributed by atoms with van der Waals surface area (Å²) in [5.41, 5.74) is 3.02. The first-order chi connectivity index (χ1) is 20.2. The number of nitrogens with one attached hydrogen (secondary N) is 2. The smallest absolute Gasteiger partial charge is 0.411 e. The monoisotopic (exact) mass is 591 g/mol. The summed E-state index contributed by atoms with van der Waals surface area (Å²) in [6.07, 6.45) is 3.57. The Labute approximate surface area is 245 Å². The molecule has 0 saturated heterocycles. The predicted octanol–water partition coefficient (Wildman–Crippen LogP) is 8.46. The van der Waals surface area contributed by atoms with Crippen LogP contribution in [0.1, 0.15) is 31.0 Å². The van der Waals surface area contributed by atoms with Gasteiger partial charge < -0.3 is 10.1 Å². The van der Waals surface area contributed by atoms with Gasteiger partial charge >= 0.3 is 6.09 Å². The van der Waals surface area contributed by atoms with Gasteiger partial charge in [-0.15, -0.1) is 0 Å². The van der Waals surface area contributed by atoms with E-state index < -0.39 is 29.5 Å². The van der Waals surface area contributed by atoms with Gasteiger partial charge in [-0.05, 0) is 60.9 Å². The van der Waals surface area contributed by atoms with Crippen molar-refractivity contribution >= 4 is 40.5 Å². The molecule has 214 valence electrons. The van der Waals surface area contributed by atoms with E-state index in [1.165, 1.54) is 19.4 Å². The van der Waals surface area contributed by atoms with Crippen LogP contribution in [0.3, 0.4) is 0 Å². The van der Waals surface area contributed by atoms with E-state index in [4.69, 9.17) is 11.6 Å². The van der Waals surface area contributed by atoms with Gasteiger partial charge in [0.1, 0.15) is 11.6 Å². The van der Waals surface area contributed by atoms with Gasteiger partial charge in [0, 0.05) is 40.1 Å². The minimum atomic E-state index is -0.879. The molecule has 1 aliphatic rings. The Morgan fingerprint density at radius 1 is 1.00 bits per heavy atom. The maximum absolute atomic E-state index is 15.3. The first-order valence-electron chi connectivity index (χ1n) is 13.1. The Morgan fingerprint density at radius 2 is 1.76 bits per heavy atom. The first-order valence-corrected chi connectivity index (χ1v) is 13.4. The average Bonchev–Trinajstić information content (AvgIpc) is 2.98. The number of nitrogens with zero attached hydrogens (tertiary/aromatic N) is 1. The third kappa shape index (κ3) is 5.87. The van der Waals surface area contributed by atoms with Crippen molar-refractivity contribution in [3.05, 3.63) is 107 Å². The summed E-state index contributed by atoms with van der Waals surface area (Å²) in [5, 5.41) is 5.22. The van der Waals surface area contributed by atoms with Crippen molar-refractivity contribution in [3.8, 4) is 22.3 Å². The molecule has 1 unspecified atom stereocenters. The summed E-state index contributed by atoms with van der Waals surface area (Å²) in [6, 6.07) is 14.7. The van der Waals surface area contributed by atoms with Gasteiger partial charge in [-0.1, -0.05) is 42.8 Å². The molecule has 4 aromatic rings. The van der Waals surface area contributed by atoms with Crippen LogP contribution in [0.2, 0.25) is 5.02 Å². The molecule has 0 spiro atoms. The summed E-state index contributed by atoms with van der Waals surface area (Å²) in [6.45, 7) is 1.78. The number of hydrogen-bond acceptors (Lipinski definition) is 4. The Balaban J connectivity index is 1.61. The van der Waals surface area contributed by atoms with Crippen LogP contribution < -0.4 is 10.6 Å². The second-order valence-electron chi connectivity index (χ2n) is 9.81. The van der Waals surface area contributed by atoms with E-state index >= 15 is 4.39 Å². The predicted molar refractivity (Wildman–Crippen MR) is 157 cm³/mol. The quantitative estimate of drug-likeness (QED) is 0.234. The molecule has 2 heterocycles. The molecule has 42 heavy (non-hydrogen) atoms. The summed E-state index contributed by atoms with van der Waals surface area (Å²) >= 11 is 5.87. The van der Waals surface area contributed by atoms with E-state index in [1.54, 1.807) is 49.4 Å². The van der Waals surface area contributed by atoms with Gasteiger partial charge in [-0.25, -0.2) is 18.0 Å². The lowest BCUT2D eigenvalue weighted by atomic mass is 9.92. The van der Waals surface area contributed by atoms with Gasteiger partial charge in [0.25, 0.3) is 0 Å². The Bertz CT molecular complexity index is 1720. The van der Waals surface area contributed by atoms with E-state index in [9.17, 15) is 18.4 Å². The topological polar surface area (TPSA) is 80.3 Å². The van der Waals surface area contributed by atoms with E-state index in [0.29, 0.717) is 46.6 Å². The van der Waals surface area contributed by atoms with Gasteiger partial charge in [0.2, 0.25) is 5.91 Å². The molecule has 1 aromatic heterocycles. The zero-order valence-electron chi connectivity index (χ0n) is 22.6. The molecule has 2 bridgehead atoms. The highest BCUT2D eigenvalue weighted by Crippen LogP contribution is 2.37. The molecule has 0 fully saturated rings. The van der Waals surface area contributed by atoms with Crippen LogP contribution in [-0.2, 0) is 9.53 Å². The van der Waals surface area contributed by atoms with Crippen LogP contribution in [-0.4, -0.2) is 24.1 Å². The first kappa shape index (κ1) is 28.9. The normalized spacial score (nSPS) is 16.2. The highest BCUT2D eigenvalue weighted by Gasteiger charge is 2.21. The van der Waals surface area contributed by atoms with Gasteiger partial charge in [0.15, 0.2) is 5.82 Å². The highest BCUT2D eigenvalue weighted by molar-refractivity contribution is 6.31. The Hall–Kier alpha value is -4.63. The largest absolute Gasteiger partial charge is 0.453 e. The summed E-state index contributed by atoms with van der Waals surface area (Å²) < 4.78 is 49.1. The van der Waals surface area contributed by atoms with Crippen LogP contribution in [0.4, 0.5) is 29.3 Å². The third-order valence-corrected chi connectivity index (χ3v) is 7.34. The molecule has 6 nitrogen and oxygen atoms in total. The molecule has 0 saturated carbocycles. The number of carbonyl (C=O) groups is 2. The molecule has 2 N–H and O–H groups in total. The molecule has 5 rings (SSSR count). The number of aromatic nitrogens is 1. The van der Waals surface area contributed by atoms with E-state index in [-0.39, 0.29) is 27.6 Å². The van der Waals surface area contributed by atoms with E-state index in [0.717, 1.165) is 12.1 Å². The lowest BCUT2D eigenvalue weighted by Gasteiger charge is -2.19. The molecule has 3 aromatic carbocycles. The fraction of sp³-hybridized carbons (Fsp3) is 0.156. The SMILES string of the molecule is COC(=O)Nc1ccc2c(c1)NC(=O)C(C)CC/C=C(/c1ccc(-c3c(F)ccc(Cl)c3F)cn1)c1ccc(F)c-2c1. The lowest BCUT2D eigenvalue weighted by Crippen LogP contribution is -2.21. The van der Waals surface area contributed by atoms with Gasteiger partial charge in [-0.2, -0.15) is 0 Å². The molecule has 10 heteroatoms. The molecule has 1 aliphatic heterocycles. The fourth-order valence-corrected chi connectivity index (χ4v) is 4.91. The van der Waals surface area contributed by atoms with Crippen molar-refractivity contribution < 1.29 is 27.5 Å². The molecule has 1 atom stereocenters. The van der Waals surface area contributed by atoms with Crippen molar-refractivity contribution in [1.29, 1.82) is 0 Å². The average molecular weight is 592 g/mol. The number of allylic oxidation sites excluding steroid dienone is 1. The fourth-order valence-electron chi connectivity index (χ4n) is 4.76. The van der Waals surface area contributed by atoms with E-state index in [1.807, 2.05) is 6.08 Å².